The van der Waals surface area contributed by atoms with Crippen LogP contribution in [-0.4, -0.2) is 19.5 Å². The van der Waals surface area contributed by atoms with Crippen molar-refractivity contribution in [1.82, 2.24) is 5.32 Å². The van der Waals surface area contributed by atoms with E-state index in [1.807, 2.05) is 7.05 Å². The monoisotopic (exact) mass is 245 g/mol. The van der Waals surface area contributed by atoms with Gasteiger partial charge in [0, 0.05) is 12.8 Å². The molecule has 3 atom stereocenters. The third-order valence-corrected chi connectivity index (χ3v) is 4.67. The molecule has 0 radical (unpaired) electrons. The number of rotatable bonds is 4. The summed E-state index contributed by atoms with van der Waals surface area (Å²) in [5.74, 6) is -0.664. The minimum absolute atomic E-state index is 0.126. The summed E-state index contributed by atoms with van der Waals surface area (Å²) in [5.41, 5.74) is 0. The Kier molecular flexibility index (Phi) is 4.40. The Morgan fingerprint density at radius 1 is 1.12 bits per heavy atom. The summed E-state index contributed by atoms with van der Waals surface area (Å²) in [5, 5.41) is 3.26. The van der Waals surface area contributed by atoms with Crippen LogP contribution in [0.1, 0.15) is 51.4 Å². The lowest BCUT2D eigenvalue weighted by molar-refractivity contribution is 0.00321. The van der Waals surface area contributed by atoms with Gasteiger partial charge in [0.25, 0.3) is 0 Å². The summed E-state index contributed by atoms with van der Waals surface area (Å²) in [6.45, 7) is 1.06. The quantitative estimate of drug-likeness (QED) is 0.793. The Morgan fingerprint density at radius 2 is 1.82 bits per heavy atom. The molecule has 2 aliphatic carbocycles. The lowest BCUT2D eigenvalue weighted by Crippen LogP contribution is -2.30. The molecule has 2 fully saturated rings. The molecule has 17 heavy (non-hydrogen) atoms. The molecule has 0 saturated heterocycles. The molecule has 0 aromatic rings. The molecular formula is C14H25F2N. The third kappa shape index (κ3) is 3.64. The summed E-state index contributed by atoms with van der Waals surface area (Å²) in [4.78, 5) is 0. The molecule has 0 aromatic carbocycles. The fourth-order valence-corrected chi connectivity index (χ4v) is 3.80. The van der Waals surface area contributed by atoms with Gasteiger partial charge in [0.2, 0.25) is 5.92 Å². The average molecular weight is 245 g/mol. The van der Waals surface area contributed by atoms with Crippen LogP contribution in [0.5, 0.6) is 0 Å². The van der Waals surface area contributed by atoms with Gasteiger partial charge in [-0.15, -0.1) is 0 Å². The van der Waals surface area contributed by atoms with Crippen molar-refractivity contribution in [3.8, 4) is 0 Å². The number of hydrogen-bond donors (Lipinski definition) is 1. The van der Waals surface area contributed by atoms with Crippen molar-refractivity contribution in [2.24, 2.45) is 17.8 Å². The fraction of sp³-hybridized carbons (Fsp3) is 1.00. The van der Waals surface area contributed by atoms with Gasteiger partial charge in [0.05, 0.1) is 0 Å². The first kappa shape index (κ1) is 13.3. The van der Waals surface area contributed by atoms with Crippen molar-refractivity contribution in [1.29, 1.82) is 0 Å². The van der Waals surface area contributed by atoms with Gasteiger partial charge in [-0.05, 0) is 50.6 Å². The predicted octanol–water partition coefficient (Wildman–Crippen LogP) is 3.84. The van der Waals surface area contributed by atoms with E-state index in [0.29, 0.717) is 5.92 Å². The van der Waals surface area contributed by atoms with Crippen molar-refractivity contribution >= 4 is 0 Å². The van der Waals surface area contributed by atoms with Gasteiger partial charge in [-0.25, -0.2) is 8.78 Å². The zero-order chi connectivity index (χ0) is 12.3. The van der Waals surface area contributed by atoms with E-state index in [2.05, 4.69) is 5.32 Å². The number of alkyl halides is 2. The average Bonchev–Trinajstić information content (AvgIpc) is 2.61. The van der Waals surface area contributed by atoms with Crippen molar-refractivity contribution < 1.29 is 8.78 Å². The molecule has 1 N–H and O–H groups in total. The van der Waals surface area contributed by atoms with Gasteiger partial charge in [0.15, 0.2) is 0 Å². The molecule has 0 aromatic heterocycles. The summed E-state index contributed by atoms with van der Waals surface area (Å²) < 4.78 is 26.4. The van der Waals surface area contributed by atoms with Crippen LogP contribution >= 0.6 is 0 Å². The van der Waals surface area contributed by atoms with E-state index >= 15 is 0 Å². The van der Waals surface area contributed by atoms with Crippen LogP contribution in [0.25, 0.3) is 0 Å². The van der Waals surface area contributed by atoms with E-state index in [4.69, 9.17) is 0 Å². The second kappa shape index (κ2) is 5.64. The van der Waals surface area contributed by atoms with Gasteiger partial charge in [-0.1, -0.05) is 19.3 Å². The van der Waals surface area contributed by atoms with Crippen molar-refractivity contribution in [2.45, 2.75) is 57.3 Å². The van der Waals surface area contributed by atoms with Crippen LogP contribution in [0.15, 0.2) is 0 Å². The highest BCUT2D eigenvalue weighted by molar-refractivity contribution is 4.85. The Hall–Kier alpha value is -0.180. The predicted molar refractivity (Wildman–Crippen MR) is 66.3 cm³/mol. The Morgan fingerprint density at radius 3 is 2.41 bits per heavy atom. The SMILES string of the molecule is CNCC1CCCCC1CC1CCC(F)(F)C1. The van der Waals surface area contributed by atoms with Gasteiger partial charge >= 0.3 is 0 Å². The van der Waals surface area contributed by atoms with E-state index in [-0.39, 0.29) is 18.8 Å². The summed E-state index contributed by atoms with van der Waals surface area (Å²) in [6, 6.07) is 0. The molecule has 0 heterocycles. The third-order valence-electron chi connectivity index (χ3n) is 4.67. The van der Waals surface area contributed by atoms with Crippen LogP contribution in [0.2, 0.25) is 0 Å². The van der Waals surface area contributed by atoms with Crippen molar-refractivity contribution in [2.75, 3.05) is 13.6 Å². The molecule has 100 valence electrons. The van der Waals surface area contributed by atoms with Crippen LogP contribution in [0.3, 0.4) is 0 Å². The molecule has 2 aliphatic rings. The number of halogens is 2. The van der Waals surface area contributed by atoms with Gasteiger partial charge < -0.3 is 5.32 Å². The Labute approximate surface area is 103 Å². The Bertz CT molecular complexity index is 240. The minimum atomic E-state index is -2.36. The first-order chi connectivity index (χ1) is 8.11. The highest BCUT2D eigenvalue weighted by Gasteiger charge is 2.40. The number of hydrogen-bond acceptors (Lipinski definition) is 1. The summed E-state index contributed by atoms with van der Waals surface area (Å²) >= 11 is 0. The van der Waals surface area contributed by atoms with Crippen molar-refractivity contribution in [3.63, 3.8) is 0 Å². The second-order valence-corrected chi connectivity index (χ2v) is 6.06. The molecule has 3 heteroatoms. The molecule has 0 bridgehead atoms. The normalized spacial score (nSPS) is 37.2. The first-order valence-electron chi connectivity index (χ1n) is 7.13. The smallest absolute Gasteiger partial charge is 0.248 e. The Balaban J connectivity index is 1.84. The second-order valence-electron chi connectivity index (χ2n) is 6.06. The van der Waals surface area contributed by atoms with E-state index in [9.17, 15) is 8.78 Å². The van der Waals surface area contributed by atoms with Gasteiger partial charge in [0.1, 0.15) is 0 Å². The zero-order valence-corrected chi connectivity index (χ0v) is 10.9. The molecular weight excluding hydrogens is 220 g/mol. The standard InChI is InChI=1S/C14H25F2N/c1-17-10-13-5-3-2-4-12(13)8-11-6-7-14(15,16)9-11/h11-13,17H,2-10H2,1H3. The van der Waals surface area contributed by atoms with Crippen LogP contribution < -0.4 is 5.32 Å². The lowest BCUT2D eigenvalue weighted by atomic mass is 9.74. The molecule has 3 unspecified atom stereocenters. The zero-order valence-electron chi connectivity index (χ0n) is 10.9. The lowest BCUT2D eigenvalue weighted by Gasteiger charge is -2.33. The number of nitrogens with one attached hydrogen (secondary N) is 1. The molecule has 2 saturated carbocycles. The summed E-state index contributed by atoms with van der Waals surface area (Å²) in [7, 11) is 2.00. The highest BCUT2D eigenvalue weighted by Crippen LogP contribution is 2.44. The maximum atomic E-state index is 13.2. The highest BCUT2D eigenvalue weighted by atomic mass is 19.3. The van der Waals surface area contributed by atoms with Crippen LogP contribution in [0, 0.1) is 17.8 Å². The van der Waals surface area contributed by atoms with E-state index in [1.165, 1.54) is 25.7 Å². The molecule has 2 rings (SSSR count). The molecule has 0 spiro atoms. The van der Waals surface area contributed by atoms with Crippen molar-refractivity contribution in [3.05, 3.63) is 0 Å². The topological polar surface area (TPSA) is 12.0 Å². The largest absolute Gasteiger partial charge is 0.319 e. The van der Waals surface area contributed by atoms with E-state index in [0.717, 1.165) is 25.3 Å². The molecule has 0 aliphatic heterocycles. The summed E-state index contributed by atoms with van der Waals surface area (Å²) in [6.07, 6.45) is 7.23. The van der Waals surface area contributed by atoms with Gasteiger partial charge in [-0.3, -0.25) is 0 Å². The minimum Gasteiger partial charge on any atom is -0.319 e. The first-order valence-corrected chi connectivity index (χ1v) is 7.13. The maximum Gasteiger partial charge on any atom is 0.248 e. The molecule has 0 amide bonds. The fourth-order valence-electron chi connectivity index (χ4n) is 3.80. The van der Waals surface area contributed by atoms with Crippen LogP contribution in [0.4, 0.5) is 8.78 Å². The molecule has 1 nitrogen and oxygen atoms in total. The van der Waals surface area contributed by atoms with Crippen LogP contribution in [-0.2, 0) is 0 Å². The van der Waals surface area contributed by atoms with E-state index < -0.39 is 5.92 Å². The maximum absolute atomic E-state index is 13.2. The van der Waals surface area contributed by atoms with Gasteiger partial charge in [-0.2, -0.15) is 0 Å². The van der Waals surface area contributed by atoms with E-state index in [1.54, 1.807) is 0 Å².